The first-order valence-corrected chi connectivity index (χ1v) is 5.93. The Kier molecular flexibility index (Phi) is 5.01. The lowest BCUT2D eigenvalue weighted by atomic mass is 10.0. The standard InChI is InChI=1S/C10H12BrNO5/c11-4-9(14)10(15)6-1-2-8(12(16)17)7(3-6)5-13/h1-3,9-10,13-15H,4-5H2. The van der Waals surface area contributed by atoms with Crippen molar-refractivity contribution < 1.29 is 20.2 Å². The highest BCUT2D eigenvalue weighted by Gasteiger charge is 2.20. The lowest BCUT2D eigenvalue weighted by molar-refractivity contribution is -0.385. The van der Waals surface area contributed by atoms with Crippen LogP contribution in [0.1, 0.15) is 17.2 Å². The van der Waals surface area contributed by atoms with E-state index in [4.69, 9.17) is 5.11 Å². The molecule has 0 aliphatic heterocycles. The van der Waals surface area contributed by atoms with Gasteiger partial charge in [0, 0.05) is 11.4 Å². The van der Waals surface area contributed by atoms with Gasteiger partial charge in [0.2, 0.25) is 0 Å². The van der Waals surface area contributed by atoms with E-state index in [-0.39, 0.29) is 16.6 Å². The Bertz CT molecular complexity index is 412. The summed E-state index contributed by atoms with van der Waals surface area (Å²) in [5.41, 5.74) is 0.219. The second-order valence-electron chi connectivity index (χ2n) is 3.47. The molecule has 94 valence electrons. The normalized spacial score (nSPS) is 14.4. The predicted molar refractivity (Wildman–Crippen MR) is 63.8 cm³/mol. The number of nitro groups is 1. The van der Waals surface area contributed by atoms with E-state index in [9.17, 15) is 20.3 Å². The molecule has 0 radical (unpaired) electrons. The van der Waals surface area contributed by atoms with Crippen LogP contribution in [0.2, 0.25) is 0 Å². The summed E-state index contributed by atoms with van der Waals surface area (Å²) >= 11 is 3.02. The number of nitro benzene ring substituents is 1. The smallest absolute Gasteiger partial charge is 0.274 e. The van der Waals surface area contributed by atoms with Gasteiger partial charge in [-0.15, -0.1) is 0 Å². The predicted octanol–water partition coefficient (Wildman–Crippen LogP) is 0.876. The number of rotatable bonds is 5. The van der Waals surface area contributed by atoms with Crippen molar-refractivity contribution in [1.82, 2.24) is 0 Å². The van der Waals surface area contributed by atoms with Crippen LogP contribution in [0.5, 0.6) is 0 Å². The Morgan fingerprint density at radius 2 is 2.06 bits per heavy atom. The summed E-state index contributed by atoms with van der Waals surface area (Å²) in [5, 5.41) is 39.0. The molecule has 7 heteroatoms. The number of aliphatic hydroxyl groups excluding tert-OH is 3. The van der Waals surface area contributed by atoms with Crippen molar-refractivity contribution in [2.45, 2.75) is 18.8 Å². The molecule has 2 unspecified atom stereocenters. The third-order valence-corrected chi connectivity index (χ3v) is 3.00. The number of halogens is 1. The fourth-order valence-corrected chi connectivity index (χ4v) is 1.75. The van der Waals surface area contributed by atoms with E-state index in [1.165, 1.54) is 18.2 Å². The maximum atomic E-state index is 10.6. The highest BCUT2D eigenvalue weighted by atomic mass is 79.9. The molecule has 6 nitrogen and oxygen atoms in total. The minimum absolute atomic E-state index is 0.105. The zero-order valence-corrected chi connectivity index (χ0v) is 10.4. The van der Waals surface area contributed by atoms with Gasteiger partial charge >= 0.3 is 0 Å². The first-order chi connectivity index (χ1) is 8.01. The molecule has 17 heavy (non-hydrogen) atoms. The first kappa shape index (κ1) is 14.0. The maximum absolute atomic E-state index is 10.6. The van der Waals surface area contributed by atoms with Gasteiger partial charge in [0.05, 0.1) is 23.2 Å². The molecule has 0 spiro atoms. The largest absolute Gasteiger partial charge is 0.391 e. The molecule has 1 rings (SSSR count). The van der Waals surface area contributed by atoms with Crippen molar-refractivity contribution in [3.05, 3.63) is 39.4 Å². The molecule has 0 saturated heterocycles. The first-order valence-electron chi connectivity index (χ1n) is 4.81. The summed E-state index contributed by atoms with van der Waals surface area (Å²) in [5.74, 6) is 0. The summed E-state index contributed by atoms with van der Waals surface area (Å²) in [6.45, 7) is -0.499. The molecule has 3 N–H and O–H groups in total. The Hall–Kier alpha value is -1.02. The van der Waals surface area contributed by atoms with Gasteiger partial charge in [-0.05, 0) is 17.7 Å². The number of alkyl halides is 1. The zero-order valence-electron chi connectivity index (χ0n) is 8.78. The second kappa shape index (κ2) is 6.06. The number of hydrogen-bond donors (Lipinski definition) is 3. The SMILES string of the molecule is O=[N+]([O-])c1ccc(C(O)C(O)CBr)cc1CO. The molecule has 0 aliphatic rings. The van der Waals surface area contributed by atoms with Crippen LogP contribution >= 0.6 is 15.9 Å². The maximum Gasteiger partial charge on any atom is 0.274 e. The van der Waals surface area contributed by atoms with Gasteiger partial charge in [0.25, 0.3) is 5.69 Å². The molecule has 1 aromatic rings. The van der Waals surface area contributed by atoms with E-state index < -0.39 is 23.7 Å². The molecule has 0 aliphatic carbocycles. The van der Waals surface area contributed by atoms with Gasteiger partial charge in [-0.25, -0.2) is 0 Å². The Balaban J connectivity index is 3.09. The fourth-order valence-electron chi connectivity index (χ4n) is 1.40. The van der Waals surface area contributed by atoms with Crippen LogP contribution in [0.3, 0.4) is 0 Å². The Labute approximate surface area is 106 Å². The molecule has 2 atom stereocenters. The minimum atomic E-state index is -1.15. The van der Waals surface area contributed by atoms with Gasteiger partial charge in [-0.3, -0.25) is 10.1 Å². The summed E-state index contributed by atoms with van der Waals surface area (Å²) < 4.78 is 0. The number of aliphatic hydroxyl groups is 3. The Morgan fingerprint density at radius 3 is 2.53 bits per heavy atom. The third kappa shape index (κ3) is 3.22. The molecule has 0 aromatic heterocycles. The highest BCUT2D eigenvalue weighted by molar-refractivity contribution is 9.09. The van der Waals surface area contributed by atoms with Crippen molar-refractivity contribution in [3.63, 3.8) is 0 Å². The number of nitrogens with zero attached hydrogens (tertiary/aromatic N) is 1. The van der Waals surface area contributed by atoms with Crippen molar-refractivity contribution in [1.29, 1.82) is 0 Å². The van der Waals surface area contributed by atoms with Gasteiger partial charge in [0.15, 0.2) is 0 Å². The van der Waals surface area contributed by atoms with Crippen molar-refractivity contribution in [3.8, 4) is 0 Å². The van der Waals surface area contributed by atoms with Crippen LogP contribution in [0.15, 0.2) is 18.2 Å². The van der Waals surface area contributed by atoms with Gasteiger partial charge in [0.1, 0.15) is 6.10 Å². The average molecular weight is 306 g/mol. The fraction of sp³-hybridized carbons (Fsp3) is 0.400. The van der Waals surface area contributed by atoms with E-state index in [0.29, 0.717) is 5.56 Å². The van der Waals surface area contributed by atoms with E-state index in [1.807, 2.05) is 0 Å². The lowest BCUT2D eigenvalue weighted by Crippen LogP contribution is -2.19. The number of benzene rings is 1. The van der Waals surface area contributed by atoms with E-state index >= 15 is 0 Å². The molecular formula is C10H12BrNO5. The summed E-state index contributed by atoms with van der Waals surface area (Å²) in [6.07, 6.45) is -2.16. The van der Waals surface area contributed by atoms with Crippen LogP contribution in [0, 0.1) is 10.1 Å². The molecule has 0 saturated carbocycles. The lowest BCUT2D eigenvalue weighted by Gasteiger charge is -2.16. The zero-order chi connectivity index (χ0) is 13.0. The summed E-state index contributed by atoms with van der Waals surface area (Å²) in [4.78, 5) is 10.0. The molecule has 1 aromatic carbocycles. The monoisotopic (exact) mass is 305 g/mol. The quantitative estimate of drug-likeness (QED) is 0.425. The van der Waals surface area contributed by atoms with Crippen molar-refractivity contribution in [2.75, 3.05) is 5.33 Å². The van der Waals surface area contributed by atoms with Crippen LogP contribution in [0.4, 0.5) is 5.69 Å². The summed E-state index contributed by atoms with van der Waals surface area (Å²) in [7, 11) is 0. The molecule has 0 heterocycles. The van der Waals surface area contributed by atoms with Gasteiger partial charge in [-0.2, -0.15) is 0 Å². The van der Waals surface area contributed by atoms with Gasteiger partial charge in [-0.1, -0.05) is 15.9 Å². The van der Waals surface area contributed by atoms with Crippen molar-refractivity contribution >= 4 is 21.6 Å². The number of hydrogen-bond acceptors (Lipinski definition) is 5. The van der Waals surface area contributed by atoms with Crippen LogP contribution < -0.4 is 0 Å². The molecule has 0 fully saturated rings. The van der Waals surface area contributed by atoms with Crippen LogP contribution in [-0.2, 0) is 6.61 Å². The van der Waals surface area contributed by atoms with E-state index in [2.05, 4.69) is 15.9 Å². The Morgan fingerprint density at radius 1 is 1.41 bits per heavy atom. The average Bonchev–Trinajstić information content (AvgIpc) is 2.35. The minimum Gasteiger partial charge on any atom is -0.391 e. The topological polar surface area (TPSA) is 104 Å². The molecule has 0 amide bonds. The van der Waals surface area contributed by atoms with E-state index in [1.54, 1.807) is 0 Å². The van der Waals surface area contributed by atoms with Crippen LogP contribution in [0.25, 0.3) is 0 Å². The van der Waals surface area contributed by atoms with Crippen LogP contribution in [-0.4, -0.2) is 31.7 Å². The second-order valence-corrected chi connectivity index (χ2v) is 4.12. The third-order valence-electron chi connectivity index (χ3n) is 2.33. The molecule has 0 bridgehead atoms. The molecular weight excluding hydrogens is 294 g/mol. The highest BCUT2D eigenvalue weighted by Crippen LogP contribution is 2.25. The summed E-state index contributed by atoms with van der Waals surface area (Å²) in [6, 6.07) is 3.87. The van der Waals surface area contributed by atoms with Gasteiger partial charge < -0.3 is 15.3 Å². The van der Waals surface area contributed by atoms with Crippen molar-refractivity contribution in [2.24, 2.45) is 0 Å². The van der Waals surface area contributed by atoms with E-state index in [0.717, 1.165) is 0 Å².